The first-order chi connectivity index (χ1) is 8.54. The number of amides is 1. The summed E-state index contributed by atoms with van der Waals surface area (Å²) >= 11 is 4.97. The van der Waals surface area contributed by atoms with Crippen LogP contribution < -0.4 is 21.5 Å². The molecule has 0 radical (unpaired) electrons. The molecular formula is C12H17N3O2S. The van der Waals surface area contributed by atoms with Gasteiger partial charge >= 0.3 is 0 Å². The summed E-state index contributed by atoms with van der Waals surface area (Å²) in [4.78, 5) is 10.9. The summed E-state index contributed by atoms with van der Waals surface area (Å²) in [6.07, 6.45) is 1.00. The molecule has 0 saturated heterocycles. The quantitative estimate of drug-likeness (QED) is 0.506. The molecule has 0 aromatic heterocycles. The summed E-state index contributed by atoms with van der Waals surface area (Å²) in [6, 6.07) is 5.42. The maximum Gasteiger partial charge on any atom is 0.217 e. The minimum atomic E-state index is -0.308. The lowest BCUT2D eigenvalue weighted by Crippen LogP contribution is -2.15. The van der Waals surface area contributed by atoms with E-state index in [1.54, 1.807) is 19.2 Å². The van der Waals surface area contributed by atoms with Crippen molar-refractivity contribution in [2.24, 2.45) is 11.5 Å². The number of hydrogen-bond acceptors (Lipinski definition) is 4. The lowest BCUT2D eigenvalue weighted by Gasteiger charge is -2.12. The Morgan fingerprint density at radius 2 is 2.17 bits per heavy atom. The van der Waals surface area contributed by atoms with Gasteiger partial charge in [-0.05, 0) is 18.6 Å². The van der Waals surface area contributed by atoms with E-state index in [1.807, 2.05) is 6.07 Å². The maximum absolute atomic E-state index is 10.6. The second-order valence-corrected chi connectivity index (χ2v) is 4.21. The van der Waals surface area contributed by atoms with E-state index in [0.29, 0.717) is 30.1 Å². The predicted octanol–water partition coefficient (Wildman–Crippen LogP) is 1.01. The smallest absolute Gasteiger partial charge is 0.217 e. The zero-order valence-electron chi connectivity index (χ0n) is 10.2. The van der Waals surface area contributed by atoms with Crippen LogP contribution in [-0.2, 0) is 4.79 Å². The average Bonchev–Trinajstić information content (AvgIpc) is 2.33. The Balaban J connectivity index is 2.71. The van der Waals surface area contributed by atoms with E-state index >= 15 is 0 Å². The van der Waals surface area contributed by atoms with E-state index in [9.17, 15) is 4.79 Å². The summed E-state index contributed by atoms with van der Waals surface area (Å²) in [5, 5.41) is 3.17. The van der Waals surface area contributed by atoms with Crippen molar-refractivity contribution in [1.29, 1.82) is 0 Å². The molecular weight excluding hydrogens is 250 g/mol. The molecule has 6 heteroatoms. The van der Waals surface area contributed by atoms with Crippen LogP contribution in [0.3, 0.4) is 0 Å². The van der Waals surface area contributed by atoms with Gasteiger partial charge in [0.25, 0.3) is 0 Å². The van der Waals surface area contributed by atoms with Gasteiger partial charge in [0.05, 0.1) is 7.11 Å². The van der Waals surface area contributed by atoms with Gasteiger partial charge in [0.15, 0.2) is 0 Å². The second-order valence-electron chi connectivity index (χ2n) is 3.77. The molecule has 5 nitrogen and oxygen atoms in total. The standard InChI is InChI=1S/C12H17N3O2S/c1-17-8-4-5-9(12(14)18)10(7-8)15-6-2-3-11(13)16/h4-5,7,15H,2-3,6H2,1H3,(H2,13,16)(H2,14,18). The monoisotopic (exact) mass is 267 g/mol. The lowest BCUT2D eigenvalue weighted by molar-refractivity contribution is -0.118. The molecule has 1 rings (SSSR count). The van der Waals surface area contributed by atoms with E-state index in [-0.39, 0.29) is 5.91 Å². The van der Waals surface area contributed by atoms with Gasteiger partial charge in [-0.1, -0.05) is 12.2 Å². The molecule has 1 aromatic carbocycles. The van der Waals surface area contributed by atoms with Crippen molar-refractivity contribution < 1.29 is 9.53 Å². The Bertz CT molecular complexity index is 449. The van der Waals surface area contributed by atoms with Gasteiger partial charge in [-0.3, -0.25) is 4.79 Å². The van der Waals surface area contributed by atoms with Gasteiger partial charge in [-0.15, -0.1) is 0 Å². The van der Waals surface area contributed by atoms with Crippen molar-refractivity contribution in [2.45, 2.75) is 12.8 Å². The van der Waals surface area contributed by atoms with E-state index in [1.165, 1.54) is 0 Å². The van der Waals surface area contributed by atoms with Crippen molar-refractivity contribution in [3.05, 3.63) is 23.8 Å². The fraction of sp³-hybridized carbons (Fsp3) is 0.333. The van der Waals surface area contributed by atoms with E-state index in [0.717, 1.165) is 11.3 Å². The maximum atomic E-state index is 10.6. The van der Waals surface area contributed by atoms with Crippen LogP contribution in [0.5, 0.6) is 5.75 Å². The minimum absolute atomic E-state index is 0.308. The predicted molar refractivity (Wildman–Crippen MR) is 75.8 cm³/mol. The number of carbonyl (C=O) groups excluding carboxylic acids is 1. The average molecular weight is 267 g/mol. The number of ether oxygens (including phenoxy) is 1. The summed E-state index contributed by atoms with van der Waals surface area (Å²) in [5.74, 6) is 0.407. The number of nitrogens with two attached hydrogens (primary N) is 2. The Morgan fingerprint density at radius 1 is 1.44 bits per heavy atom. The molecule has 0 bridgehead atoms. The van der Waals surface area contributed by atoms with Crippen LogP contribution in [0.25, 0.3) is 0 Å². The molecule has 0 heterocycles. The number of primary amides is 1. The molecule has 0 aliphatic rings. The van der Waals surface area contributed by atoms with E-state index in [2.05, 4.69) is 5.32 Å². The fourth-order valence-corrected chi connectivity index (χ4v) is 1.68. The molecule has 98 valence electrons. The molecule has 0 spiro atoms. The third-order valence-electron chi connectivity index (χ3n) is 2.41. The normalized spacial score (nSPS) is 9.83. The van der Waals surface area contributed by atoms with Gasteiger partial charge in [0.1, 0.15) is 10.7 Å². The number of benzene rings is 1. The summed E-state index contributed by atoms with van der Waals surface area (Å²) in [7, 11) is 1.59. The van der Waals surface area contributed by atoms with Crippen molar-refractivity contribution in [3.8, 4) is 5.75 Å². The largest absolute Gasteiger partial charge is 0.497 e. The summed E-state index contributed by atoms with van der Waals surface area (Å²) in [5.41, 5.74) is 12.3. The molecule has 5 N–H and O–H groups in total. The van der Waals surface area contributed by atoms with Crippen molar-refractivity contribution in [3.63, 3.8) is 0 Å². The summed E-state index contributed by atoms with van der Waals surface area (Å²) < 4.78 is 5.14. The van der Waals surface area contributed by atoms with Crippen LogP contribution in [0.15, 0.2) is 18.2 Å². The van der Waals surface area contributed by atoms with Gasteiger partial charge in [-0.2, -0.15) is 0 Å². The summed E-state index contributed by atoms with van der Waals surface area (Å²) in [6.45, 7) is 0.617. The number of carbonyl (C=O) groups is 1. The molecule has 1 aromatic rings. The van der Waals surface area contributed by atoms with Crippen LogP contribution in [0.1, 0.15) is 18.4 Å². The first kappa shape index (κ1) is 14.2. The van der Waals surface area contributed by atoms with Crippen LogP contribution >= 0.6 is 12.2 Å². The SMILES string of the molecule is COc1ccc(C(N)=S)c(NCCCC(N)=O)c1. The topological polar surface area (TPSA) is 90.4 Å². The van der Waals surface area contributed by atoms with Crippen LogP contribution in [0, 0.1) is 0 Å². The number of rotatable bonds is 7. The number of nitrogens with one attached hydrogen (secondary N) is 1. The minimum Gasteiger partial charge on any atom is -0.497 e. The van der Waals surface area contributed by atoms with Crippen LogP contribution in [-0.4, -0.2) is 24.6 Å². The first-order valence-electron chi connectivity index (χ1n) is 5.54. The Kier molecular flexibility index (Phi) is 5.38. The van der Waals surface area contributed by atoms with Crippen LogP contribution in [0.4, 0.5) is 5.69 Å². The van der Waals surface area contributed by atoms with Crippen LogP contribution in [0.2, 0.25) is 0 Å². The number of hydrogen-bond donors (Lipinski definition) is 3. The van der Waals surface area contributed by atoms with Crippen molar-refractivity contribution in [1.82, 2.24) is 0 Å². The molecule has 0 saturated carbocycles. The number of thiocarbonyl (C=S) groups is 1. The Morgan fingerprint density at radius 3 is 2.72 bits per heavy atom. The molecule has 0 unspecified atom stereocenters. The fourth-order valence-electron chi connectivity index (χ4n) is 1.50. The van der Waals surface area contributed by atoms with Gasteiger partial charge < -0.3 is 21.5 Å². The highest BCUT2D eigenvalue weighted by Gasteiger charge is 2.06. The first-order valence-corrected chi connectivity index (χ1v) is 5.95. The van der Waals surface area contributed by atoms with Gasteiger partial charge in [0.2, 0.25) is 5.91 Å². The second kappa shape index (κ2) is 6.80. The molecule has 1 amide bonds. The molecule has 0 aliphatic heterocycles. The van der Waals surface area contributed by atoms with E-state index in [4.69, 9.17) is 28.4 Å². The van der Waals surface area contributed by atoms with Gasteiger partial charge in [-0.25, -0.2) is 0 Å². The molecule has 18 heavy (non-hydrogen) atoms. The zero-order valence-corrected chi connectivity index (χ0v) is 11.0. The Hall–Kier alpha value is -1.82. The molecule has 0 atom stereocenters. The number of methoxy groups -OCH3 is 1. The lowest BCUT2D eigenvalue weighted by atomic mass is 10.1. The third kappa shape index (κ3) is 4.21. The van der Waals surface area contributed by atoms with Gasteiger partial charge in [0, 0.05) is 30.3 Å². The third-order valence-corrected chi connectivity index (χ3v) is 2.63. The highest BCUT2D eigenvalue weighted by molar-refractivity contribution is 7.80. The molecule has 0 fully saturated rings. The highest BCUT2D eigenvalue weighted by atomic mass is 32.1. The van der Waals surface area contributed by atoms with Crippen molar-refractivity contribution in [2.75, 3.05) is 19.0 Å². The Labute approximate surface area is 111 Å². The van der Waals surface area contributed by atoms with Crippen molar-refractivity contribution >= 4 is 28.8 Å². The zero-order chi connectivity index (χ0) is 13.5. The highest BCUT2D eigenvalue weighted by Crippen LogP contribution is 2.22. The molecule has 0 aliphatic carbocycles. The number of anilines is 1. The van der Waals surface area contributed by atoms with E-state index < -0.39 is 0 Å².